The number of amides is 1. The third-order valence-corrected chi connectivity index (χ3v) is 8.96. The number of nitrogens with one attached hydrogen (secondary N) is 1. The highest BCUT2D eigenvalue weighted by Gasteiger charge is 2.31. The monoisotopic (exact) mass is 533 g/mol. The number of likely N-dealkylation sites (tertiary alicyclic amines) is 1. The van der Waals surface area contributed by atoms with Crippen LogP contribution in [0.1, 0.15) is 42.4 Å². The molecule has 0 radical (unpaired) electrons. The molecule has 0 bridgehead atoms. The van der Waals surface area contributed by atoms with Crippen molar-refractivity contribution in [2.75, 3.05) is 26.2 Å². The second-order valence-electron chi connectivity index (χ2n) is 9.03. The SMILES string of the molecule is O=C(NCc1ccccc1CN1CCCC1)C1CCN(S(=O)(=O)Cc2cccc(Br)c2)CC1. The molecule has 178 valence electrons. The molecule has 1 N–H and O–H groups in total. The molecule has 2 aromatic carbocycles. The van der Waals surface area contributed by atoms with Gasteiger partial charge in [-0.15, -0.1) is 0 Å². The zero-order chi connectivity index (χ0) is 23.3. The lowest BCUT2D eigenvalue weighted by atomic mass is 9.97. The molecule has 0 atom stereocenters. The molecule has 2 aromatic rings. The summed E-state index contributed by atoms with van der Waals surface area (Å²) in [5, 5.41) is 3.10. The number of carbonyl (C=O) groups excluding carboxylic acids is 1. The van der Waals surface area contributed by atoms with Crippen molar-refractivity contribution < 1.29 is 13.2 Å². The van der Waals surface area contributed by atoms with E-state index in [4.69, 9.17) is 0 Å². The van der Waals surface area contributed by atoms with E-state index >= 15 is 0 Å². The molecule has 0 unspecified atom stereocenters. The van der Waals surface area contributed by atoms with Crippen molar-refractivity contribution in [2.45, 2.75) is 44.5 Å². The van der Waals surface area contributed by atoms with E-state index in [9.17, 15) is 13.2 Å². The standard InChI is InChI=1S/C25H32BrN3O3S/c26-24-9-5-6-20(16-24)19-33(31,32)29-14-10-21(11-15-29)25(30)27-17-22-7-1-2-8-23(22)18-28-12-3-4-13-28/h1-2,5-9,16,21H,3-4,10-15,17-19H2,(H,27,30). The summed E-state index contributed by atoms with van der Waals surface area (Å²) in [7, 11) is -3.40. The molecule has 1 amide bonds. The van der Waals surface area contributed by atoms with E-state index in [1.165, 1.54) is 22.7 Å². The molecule has 0 aromatic heterocycles. The summed E-state index contributed by atoms with van der Waals surface area (Å²) < 4.78 is 28.1. The summed E-state index contributed by atoms with van der Waals surface area (Å²) in [6.45, 7) is 4.51. The van der Waals surface area contributed by atoms with E-state index < -0.39 is 10.0 Å². The zero-order valence-electron chi connectivity index (χ0n) is 18.9. The van der Waals surface area contributed by atoms with Crippen LogP contribution in [0.3, 0.4) is 0 Å². The van der Waals surface area contributed by atoms with Crippen LogP contribution in [0.2, 0.25) is 0 Å². The maximum atomic E-state index is 12.8. The molecular weight excluding hydrogens is 502 g/mol. The highest BCUT2D eigenvalue weighted by atomic mass is 79.9. The summed E-state index contributed by atoms with van der Waals surface area (Å²) >= 11 is 3.39. The molecule has 33 heavy (non-hydrogen) atoms. The molecular formula is C25H32BrN3O3S. The Bertz CT molecular complexity index is 1060. The van der Waals surface area contributed by atoms with Gasteiger partial charge in [-0.1, -0.05) is 52.3 Å². The average Bonchev–Trinajstić information content (AvgIpc) is 3.31. The van der Waals surface area contributed by atoms with Crippen molar-refractivity contribution >= 4 is 31.9 Å². The van der Waals surface area contributed by atoms with E-state index in [-0.39, 0.29) is 17.6 Å². The number of piperidine rings is 1. The van der Waals surface area contributed by atoms with Gasteiger partial charge in [-0.05, 0) is 67.6 Å². The van der Waals surface area contributed by atoms with Gasteiger partial charge in [0.2, 0.25) is 15.9 Å². The number of sulfonamides is 1. The smallest absolute Gasteiger partial charge is 0.223 e. The topological polar surface area (TPSA) is 69.7 Å². The summed E-state index contributed by atoms with van der Waals surface area (Å²) in [4.78, 5) is 15.3. The fourth-order valence-electron chi connectivity index (χ4n) is 4.72. The van der Waals surface area contributed by atoms with Gasteiger partial charge in [0, 0.05) is 36.6 Å². The first-order valence-corrected chi connectivity index (χ1v) is 14.1. The minimum atomic E-state index is -3.40. The zero-order valence-corrected chi connectivity index (χ0v) is 21.3. The molecule has 0 spiro atoms. The van der Waals surface area contributed by atoms with Crippen molar-refractivity contribution in [2.24, 2.45) is 5.92 Å². The van der Waals surface area contributed by atoms with Crippen LogP contribution in [0.5, 0.6) is 0 Å². The third-order valence-electron chi connectivity index (χ3n) is 6.62. The third kappa shape index (κ3) is 6.66. The molecule has 2 saturated heterocycles. The van der Waals surface area contributed by atoms with Crippen LogP contribution in [-0.2, 0) is 33.7 Å². The van der Waals surface area contributed by atoms with Gasteiger partial charge < -0.3 is 5.32 Å². The Labute approximate surface area is 205 Å². The summed E-state index contributed by atoms with van der Waals surface area (Å²) in [5.74, 6) is -0.139. The molecule has 0 saturated carbocycles. The van der Waals surface area contributed by atoms with Gasteiger partial charge in [-0.25, -0.2) is 12.7 Å². The van der Waals surface area contributed by atoms with Crippen LogP contribution < -0.4 is 5.32 Å². The van der Waals surface area contributed by atoms with E-state index in [1.807, 2.05) is 30.3 Å². The Morgan fingerprint density at radius 1 is 0.970 bits per heavy atom. The van der Waals surface area contributed by atoms with Gasteiger partial charge in [0.25, 0.3) is 0 Å². The van der Waals surface area contributed by atoms with Gasteiger partial charge in [0.1, 0.15) is 0 Å². The van der Waals surface area contributed by atoms with Crippen molar-refractivity contribution in [1.82, 2.24) is 14.5 Å². The van der Waals surface area contributed by atoms with Crippen molar-refractivity contribution in [3.63, 3.8) is 0 Å². The van der Waals surface area contributed by atoms with Crippen LogP contribution in [0, 0.1) is 5.92 Å². The Balaban J connectivity index is 1.27. The van der Waals surface area contributed by atoms with Gasteiger partial charge >= 0.3 is 0 Å². The largest absolute Gasteiger partial charge is 0.352 e. The Morgan fingerprint density at radius 3 is 2.36 bits per heavy atom. The maximum Gasteiger partial charge on any atom is 0.223 e. The summed E-state index contributed by atoms with van der Waals surface area (Å²) in [6.07, 6.45) is 3.63. The number of carbonyl (C=O) groups is 1. The molecule has 8 heteroatoms. The quantitative estimate of drug-likeness (QED) is 0.558. The van der Waals surface area contributed by atoms with E-state index in [0.717, 1.165) is 35.2 Å². The van der Waals surface area contributed by atoms with Crippen LogP contribution >= 0.6 is 15.9 Å². The minimum Gasteiger partial charge on any atom is -0.352 e. The highest BCUT2D eigenvalue weighted by molar-refractivity contribution is 9.10. The van der Waals surface area contributed by atoms with Gasteiger partial charge in [0.15, 0.2) is 0 Å². The molecule has 0 aliphatic carbocycles. The lowest BCUT2D eigenvalue weighted by Crippen LogP contribution is -2.43. The normalized spacial score (nSPS) is 18.5. The predicted octanol–water partition coefficient (Wildman–Crippen LogP) is 3.90. The first-order chi connectivity index (χ1) is 15.9. The Hall–Kier alpha value is -1.74. The second-order valence-corrected chi connectivity index (χ2v) is 11.9. The molecule has 2 aliphatic heterocycles. The van der Waals surface area contributed by atoms with Crippen molar-refractivity contribution in [3.8, 4) is 0 Å². The number of rotatable bonds is 8. The molecule has 4 rings (SSSR count). The Morgan fingerprint density at radius 2 is 1.67 bits per heavy atom. The van der Waals surface area contributed by atoms with Gasteiger partial charge in [-0.2, -0.15) is 0 Å². The predicted molar refractivity (Wildman–Crippen MR) is 134 cm³/mol. The van der Waals surface area contributed by atoms with E-state index in [1.54, 1.807) is 0 Å². The van der Waals surface area contributed by atoms with Crippen LogP contribution in [0.25, 0.3) is 0 Å². The lowest BCUT2D eigenvalue weighted by molar-refractivity contribution is -0.126. The fraction of sp³-hybridized carbons (Fsp3) is 0.480. The molecule has 2 heterocycles. The van der Waals surface area contributed by atoms with Crippen molar-refractivity contribution in [1.29, 1.82) is 0 Å². The van der Waals surface area contributed by atoms with E-state index in [0.29, 0.717) is 32.5 Å². The lowest BCUT2D eigenvalue weighted by Gasteiger charge is -2.30. The number of benzene rings is 2. The number of hydrogen-bond acceptors (Lipinski definition) is 4. The van der Waals surface area contributed by atoms with Crippen LogP contribution in [0.15, 0.2) is 53.0 Å². The maximum absolute atomic E-state index is 12.8. The first kappa shape index (κ1) is 24.4. The summed E-state index contributed by atoms with van der Waals surface area (Å²) in [6, 6.07) is 15.7. The van der Waals surface area contributed by atoms with Crippen LogP contribution in [0.4, 0.5) is 0 Å². The van der Waals surface area contributed by atoms with E-state index in [2.05, 4.69) is 44.3 Å². The van der Waals surface area contributed by atoms with Crippen molar-refractivity contribution in [3.05, 3.63) is 69.7 Å². The number of nitrogens with zero attached hydrogens (tertiary/aromatic N) is 2. The molecule has 2 fully saturated rings. The minimum absolute atomic E-state index is 0.0168. The fourth-order valence-corrected chi connectivity index (χ4v) is 6.71. The number of halogens is 1. The molecule has 6 nitrogen and oxygen atoms in total. The molecule has 2 aliphatic rings. The van der Waals surface area contributed by atoms with Gasteiger partial charge in [0.05, 0.1) is 5.75 Å². The van der Waals surface area contributed by atoms with Crippen LogP contribution in [-0.4, -0.2) is 49.7 Å². The second kappa shape index (κ2) is 11.1. The average molecular weight is 535 g/mol. The van der Waals surface area contributed by atoms with Gasteiger partial charge in [-0.3, -0.25) is 9.69 Å². The highest BCUT2D eigenvalue weighted by Crippen LogP contribution is 2.23. The number of hydrogen-bond donors (Lipinski definition) is 1. The first-order valence-electron chi connectivity index (χ1n) is 11.7. The Kier molecular flexibility index (Phi) is 8.22. The summed E-state index contributed by atoms with van der Waals surface area (Å²) in [5.41, 5.74) is 3.19.